The van der Waals surface area contributed by atoms with E-state index in [9.17, 15) is 0 Å². The molecule has 1 aromatic heterocycles. The van der Waals surface area contributed by atoms with Crippen LogP contribution in [0.5, 0.6) is 0 Å². The molecule has 2 rings (SSSR count). The SMILES string of the molecule is Cc1cscc1CNc1cccc(Cl)c1C#N. The average molecular weight is 263 g/mol. The number of aryl methyl sites for hydroxylation is 1. The fraction of sp³-hybridized carbons (Fsp3) is 0.154. The van der Waals surface area contributed by atoms with Gasteiger partial charge in [-0.2, -0.15) is 16.6 Å². The fourth-order valence-corrected chi connectivity index (χ4v) is 2.62. The second-order valence-corrected chi connectivity index (χ2v) is 4.86. The summed E-state index contributed by atoms with van der Waals surface area (Å²) in [4.78, 5) is 0. The quantitative estimate of drug-likeness (QED) is 0.900. The summed E-state index contributed by atoms with van der Waals surface area (Å²) in [6.07, 6.45) is 0. The number of anilines is 1. The molecule has 0 saturated carbocycles. The minimum Gasteiger partial charge on any atom is -0.380 e. The van der Waals surface area contributed by atoms with Crippen molar-refractivity contribution < 1.29 is 0 Å². The molecule has 1 aromatic carbocycles. The lowest BCUT2D eigenvalue weighted by Gasteiger charge is -2.08. The van der Waals surface area contributed by atoms with Gasteiger partial charge >= 0.3 is 0 Å². The molecule has 86 valence electrons. The minimum absolute atomic E-state index is 0.486. The molecule has 0 amide bonds. The topological polar surface area (TPSA) is 35.8 Å². The van der Waals surface area contributed by atoms with E-state index in [0.717, 1.165) is 5.69 Å². The van der Waals surface area contributed by atoms with Gasteiger partial charge in [0.2, 0.25) is 0 Å². The highest BCUT2D eigenvalue weighted by atomic mass is 35.5. The molecule has 0 aliphatic carbocycles. The summed E-state index contributed by atoms with van der Waals surface area (Å²) in [5.74, 6) is 0. The van der Waals surface area contributed by atoms with E-state index in [1.165, 1.54) is 11.1 Å². The molecule has 0 atom stereocenters. The lowest BCUT2D eigenvalue weighted by Crippen LogP contribution is -2.01. The molecule has 0 fully saturated rings. The van der Waals surface area contributed by atoms with Crippen LogP contribution in [0.3, 0.4) is 0 Å². The Labute approximate surface area is 109 Å². The van der Waals surface area contributed by atoms with Crippen molar-refractivity contribution in [2.45, 2.75) is 13.5 Å². The Bertz CT molecular complexity index is 569. The Morgan fingerprint density at radius 1 is 1.41 bits per heavy atom. The van der Waals surface area contributed by atoms with Gasteiger partial charge in [-0.25, -0.2) is 0 Å². The zero-order valence-electron chi connectivity index (χ0n) is 9.33. The number of thiophene rings is 1. The largest absolute Gasteiger partial charge is 0.380 e. The molecular formula is C13H11ClN2S. The van der Waals surface area contributed by atoms with Gasteiger partial charge in [0, 0.05) is 6.54 Å². The van der Waals surface area contributed by atoms with Crippen molar-refractivity contribution in [2.24, 2.45) is 0 Å². The maximum Gasteiger partial charge on any atom is 0.103 e. The summed E-state index contributed by atoms with van der Waals surface area (Å²) < 4.78 is 0. The van der Waals surface area contributed by atoms with Crippen molar-refractivity contribution >= 4 is 28.6 Å². The summed E-state index contributed by atoms with van der Waals surface area (Å²) in [5, 5.41) is 17.0. The fourth-order valence-electron chi connectivity index (χ4n) is 1.54. The molecule has 1 heterocycles. The van der Waals surface area contributed by atoms with Gasteiger partial charge in [-0.3, -0.25) is 0 Å². The summed E-state index contributed by atoms with van der Waals surface area (Å²) in [5.41, 5.74) is 3.80. The molecular weight excluding hydrogens is 252 g/mol. The number of benzene rings is 1. The first-order valence-corrected chi connectivity index (χ1v) is 6.48. The first-order chi connectivity index (χ1) is 8.22. The van der Waals surface area contributed by atoms with E-state index in [-0.39, 0.29) is 0 Å². The van der Waals surface area contributed by atoms with Crippen molar-refractivity contribution in [3.05, 3.63) is 50.7 Å². The Balaban J connectivity index is 2.18. The van der Waals surface area contributed by atoms with Gasteiger partial charge in [0.15, 0.2) is 0 Å². The van der Waals surface area contributed by atoms with Crippen LogP contribution in [0.15, 0.2) is 29.0 Å². The number of halogens is 1. The summed E-state index contributed by atoms with van der Waals surface area (Å²) >= 11 is 7.64. The molecule has 4 heteroatoms. The van der Waals surface area contributed by atoms with Crippen molar-refractivity contribution in [1.29, 1.82) is 5.26 Å². The lowest BCUT2D eigenvalue weighted by atomic mass is 10.1. The van der Waals surface area contributed by atoms with Crippen LogP contribution >= 0.6 is 22.9 Å². The van der Waals surface area contributed by atoms with E-state index in [2.05, 4.69) is 29.1 Å². The predicted molar refractivity (Wildman–Crippen MR) is 72.5 cm³/mol. The van der Waals surface area contributed by atoms with Crippen molar-refractivity contribution in [3.8, 4) is 6.07 Å². The van der Waals surface area contributed by atoms with E-state index in [1.54, 1.807) is 17.4 Å². The van der Waals surface area contributed by atoms with E-state index in [0.29, 0.717) is 17.1 Å². The predicted octanol–water partition coefficient (Wildman–Crippen LogP) is 4.19. The Morgan fingerprint density at radius 3 is 2.88 bits per heavy atom. The number of nitrogens with one attached hydrogen (secondary N) is 1. The summed E-state index contributed by atoms with van der Waals surface area (Å²) in [7, 11) is 0. The third kappa shape index (κ3) is 2.60. The second kappa shape index (κ2) is 5.22. The Hall–Kier alpha value is -1.50. The van der Waals surface area contributed by atoms with Gasteiger partial charge < -0.3 is 5.32 Å². The minimum atomic E-state index is 0.486. The smallest absolute Gasteiger partial charge is 0.103 e. The number of hydrogen-bond acceptors (Lipinski definition) is 3. The van der Waals surface area contributed by atoms with Crippen LogP contribution in [-0.4, -0.2) is 0 Å². The molecule has 0 unspecified atom stereocenters. The third-order valence-electron chi connectivity index (χ3n) is 2.56. The number of rotatable bonds is 3. The lowest BCUT2D eigenvalue weighted by molar-refractivity contribution is 1.13. The first kappa shape index (κ1) is 12.0. The number of nitrogens with zero attached hydrogens (tertiary/aromatic N) is 1. The van der Waals surface area contributed by atoms with Crippen molar-refractivity contribution in [1.82, 2.24) is 0 Å². The van der Waals surface area contributed by atoms with Crippen LogP contribution in [0.25, 0.3) is 0 Å². The second-order valence-electron chi connectivity index (χ2n) is 3.71. The van der Waals surface area contributed by atoms with Gasteiger partial charge in [-0.05, 0) is 40.9 Å². The van der Waals surface area contributed by atoms with Crippen molar-refractivity contribution in [3.63, 3.8) is 0 Å². The van der Waals surface area contributed by atoms with E-state index in [4.69, 9.17) is 16.9 Å². The molecule has 17 heavy (non-hydrogen) atoms. The molecule has 2 aromatic rings. The number of hydrogen-bond donors (Lipinski definition) is 1. The Morgan fingerprint density at radius 2 is 2.24 bits per heavy atom. The highest BCUT2D eigenvalue weighted by molar-refractivity contribution is 7.08. The van der Waals surface area contributed by atoms with Crippen LogP contribution in [-0.2, 0) is 6.54 Å². The van der Waals surface area contributed by atoms with Gasteiger partial charge in [0.05, 0.1) is 16.3 Å². The third-order valence-corrected chi connectivity index (χ3v) is 3.78. The molecule has 0 radical (unpaired) electrons. The zero-order valence-corrected chi connectivity index (χ0v) is 10.9. The maximum atomic E-state index is 9.04. The summed E-state index contributed by atoms with van der Waals surface area (Å²) in [6, 6.07) is 7.55. The first-order valence-electron chi connectivity index (χ1n) is 5.16. The molecule has 1 N–H and O–H groups in total. The van der Waals surface area contributed by atoms with Crippen LogP contribution in [0.1, 0.15) is 16.7 Å². The van der Waals surface area contributed by atoms with E-state index >= 15 is 0 Å². The normalized spacial score (nSPS) is 9.94. The van der Waals surface area contributed by atoms with Gasteiger partial charge in [0.1, 0.15) is 6.07 Å². The molecule has 0 aliphatic heterocycles. The average Bonchev–Trinajstić information content (AvgIpc) is 2.72. The number of nitriles is 1. The molecule has 2 nitrogen and oxygen atoms in total. The molecule has 0 bridgehead atoms. The standard InChI is InChI=1S/C13H11ClN2S/c1-9-7-17-8-10(9)6-16-13-4-2-3-12(14)11(13)5-15/h2-4,7-8,16H,6H2,1H3. The zero-order chi connectivity index (χ0) is 12.3. The molecule has 0 saturated heterocycles. The highest BCUT2D eigenvalue weighted by Gasteiger charge is 2.06. The molecule has 0 aliphatic rings. The van der Waals surface area contributed by atoms with Crippen LogP contribution < -0.4 is 5.32 Å². The molecule has 0 spiro atoms. The maximum absolute atomic E-state index is 9.04. The highest BCUT2D eigenvalue weighted by Crippen LogP contribution is 2.24. The van der Waals surface area contributed by atoms with Crippen LogP contribution in [0.4, 0.5) is 5.69 Å². The summed E-state index contributed by atoms with van der Waals surface area (Å²) in [6.45, 7) is 2.79. The van der Waals surface area contributed by atoms with Crippen molar-refractivity contribution in [2.75, 3.05) is 5.32 Å². The van der Waals surface area contributed by atoms with Crippen LogP contribution in [0.2, 0.25) is 5.02 Å². The van der Waals surface area contributed by atoms with Gasteiger partial charge in [-0.15, -0.1) is 0 Å². The van der Waals surface area contributed by atoms with Gasteiger partial charge in [-0.1, -0.05) is 17.7 Å². The van der Waals surface area contributed by atoms with E-state index < -0.39 is 0 Å². The Kier molecular flexibility index (Phi) is 3.68. The van der Waals surface area contributed by atoms with E-state index in [1.807, 2.05) is 12.1 Å². The van der Waals surface area contributed by atoms with Gasteiger partial charge in [0.25, 0.3) is 0 Å². The monoisotopic (exact) mass is 262 g/mol. The van der Waals surface area contributed by atoms with Crippen LogP contribution in [0, 0.1) is 18.3 Å².